The first-order valence-electron chi connectivity index (χ1n) is 9.04. The van der Waals surface area contributed by atoms with Gasteiger partial charge in [-0.1, -0.05) is 0 Å². The summed E-state index contributed by atoms with van der Waals surface area (Å²) in [4.78, 5) is 6.55. The molecule has 0 aliphatic carbocycles. The predicted octanol–water partition coefficient (Wildman–Crippen LogP) is 4.79. The Morgan fingerprint density at radius 1 is 0.964 bits per heavy atom. The van der Waals surface area contributed by atoms with Crippen molar-refractivity contribution in [1.82, 2.24) is 15.2 Å². The molecule has 1 aromatic heterocycles. The van der Waals surface area contributed by atoms with Crippen LogP contribution in [-0.2, 0) is 0 Å². The van der Waals surface area contributed by atoms with E-state index in [0.717, 1.165) is 36.1 Å². The third kappa shape index (κ3) is 4.51. The van der Waals surface area contributed by atoms with Crippen molar-refractivity contribution in [2.45, 2.75) is 20.8 Å². The Bertz CT molecular complexity index is 959. The molecule has 3 rings (SSSR count). The Labute approximate surface area is 162 Å². The van der Waals surface area contributed by atoms with Crippen molar-refractivity contribution >= 4 is 28.8 Å². The van der Waals surface area contributed by atoms with Gasteiger partial charge in [0.25, 0.3) is 0 Å². The lowest BCUT2D eigenvalue weighted by Gasteiger charge is -2.22. The second-order valence-corrected chi connectivity index (χ2v) is 6.21. The maximum Gasteiger partial charge on any atom is 0.249 e. The van der Waals surface area contributed by atoms with E-state index in [0.29, 0.717) is 5.82 Å². The van der Waals surface area contributed by atoms with E-state index in [4.69, 9.17) is 0 Å². The van der Waals surface area contributed by atoms with Gasteiger partial charge < -0.3 is 15.5 Å². The summed E-state index contributed by atoms with van der Waals surface area (Å²) in [7, 11) is 0. The Morgan fingerprint density at radius 3 is 2.39 bits per heavy atom. The zero-order chi connectivity index (χ0) is 20.1. The summed E-state index contributed by atoms with van der Waals surface area (Å²) in [6.07, 6.45) is 1.37. The highest BCUT2D eigenvalue weighted by Gasteiger charge is 2.09. The topological polar surface area (TPSA) is 66.0 Å². The summed E-state index contributed by atoms with van der Waals surface area (Å²) in [6, 6.07) is 9.36. The lowest BCUT2D eigenvalue weighted by molar-refractivity contribution is 0.586. The molecule has 1 heterocycles. The van der Waals surface area contributed by atoms with Gasteiger partial charge in [0.05, 0.1) is 11.9 Å². The molecule has 3 aromatic rings. The standard InChI is InChI=1S/C20H22F2N6/c1-4-28(5-2)15-7-9-17(13(3)10-15)25-20-26-19(12-23-27-20)24-18-8-6-14(21)11-16(18)22/h6-12H,4-5H2,1-3H3,(H2,24,25,26,27). The molecule has 0 fully saturated rings. The van der Waals surface area contributed by atoms with Crippen molar-refractivity contribution in [2.24, 2.45) is 0 Å². The van der Waals surface area contributed by atoms with E-state index in [1.165, 1.54) is 18.3 Å². The third-order valence-electron chi connectivity index (χ3n) is 4.34. The molecule has 0 saturated carbocycles. The fourth-order valence-corrected chi connectivity index (χ4v) is 2.84. The lowest BCUT2D eigenvalue weighted by Crippen LogP contribution is -2.21. The van der Waals surface area contributed by atoms with Crippen molar-refractivity contribution < 1.29 is 8.78 Å². The molecule has 0 atom stereocenters. The van der Waals surface area contributed by atoms with Crippen molar-refractivity contribution in [2.75, 3.05) is 28.6 Å². The zero-order valence-electron chi connectivity index (χ0n) is 16.0. The fraction of sp³-hybridized carbons (Fsp3) is 0.250. The monoisotopic (exact) mass is 384 g/mol. The summed E-state index contributed by atoms with van der Waals surface area (Å²) in [5.74, 6) is -0.794. The van der Waals surface area contributed by atoms with Crippen LogP contribution in [0.25, 0.3) is 0 Å². The number of nitrogens with one attached hydrogen (secondary N) is 2. The van der Waals surface area contributed by atoms with Crippen molar-refractivity contribution in [3.8, 4) is 0 Å². The molecule has 0 bridgehead atoms. The molecule has 2 aromatic carbocycles. The lowest BCUT2D eigenvalue weighted by atomic mass is 10.1. The van der Waals surface area contributed by atoms with Gasteiger partial charge >= 0.3 is 0 Å². The maximum absolute atomic E-state index is 13.8. The zero-order valence-corrected chi connectivity index (χ0v) is 16.0. The summed E-state index contributed by atoms with van der Waals surface area (Å²) >= 11 is 0. The molecular formula is C20H22F2N6. The molecule has 0 aliphatic rings. The van der Waals surface area contributed by atoms with E-state index in [9.17, 15) is 8.78 Å². The van der Waals surface area contributed by atoms with Gasteiger partial charge in [0.2, 0.25) is 5.95 Å². The van der Waals surface area contributed by atoms with E-state index in [-0.39, 0.29) is 11.6 Å². The van der Waals surface area contributed by atoms with Crippen molar-refractivity contribution in [3.63, 3.8) is 0 Å². The maximum atomic E-state index is 13.8. The Hall–Kier alpha value is -3.29. The van der Waals surface area contributed by atoms with Crippen molar-refractivity contribution in [3.05, 3.63) is 59.8 Å². The Morgan fingerprint density at radius 2 is 1.71 bits per heavy atom. The highest BCUT2D eigenvalue weighted by atomic mass is 19.1. The number of aromatic nitrogens is 3. The van der Waals surface area contributed by atoms with Gasteiger partial charge in [-0.3, -0.25) is 0 Å². The van der Waals surface area contributed by atoms with E-state index in [2.05, 4.69) is 50.6 Å². The van der Waals surface area contributed by atoms with E-state index in [1.807, 2.05) is 19.1 Å². The number of anilines is 5. The average Bonchev–Trinajstić information content (AvgIpc) is 2.67. The second-order valence-electron chi connectivity index (χ2n) is 6.21. The number of benzene rings is 2. The number of rotatable bonds is 7. The van der Waals surface area contributed by atoms with Gasteiger partial charge in [-0.2, -0.15) is 10.1 Å². The summed E-state index contributed by atoms with van der Waals surface area (Å²) < 4.78 is 26.8. The minimum atomic E-state index is -0.712. The smallest absolute Gasteiger partial charge is 0.249 e. The summed E-state index contributed by atoms with van der Waals surface area (Å²) in [5.41, 5.74) is 3.14. The van der Waals surface area contributed by atoms with E-state index in [1.54, 1.807) is 0 Å². The van der Waals surface area contributed by atoms with Crippen LogP contribution in [0.3, 0.4) is 0 Å². The molecule has 0 aliphatic heterocycles. The Kier molecular flexibility index (Phi) is 5.98. The van der Waals surface area contributed by atoms with Crippen LogP contribution in [0.4, 0.5) is 37.6 Å². The van der Waals surface area contributed by atoms with E-state index >= 15 is 0 Å². The van der Waals surface area contributed by atoms with Crippen LogP contribution in [0, 0.1) is 18.6 Å². The molecule has 0 amide bonds. The molecule has 146 valence electrons. The van der Waals surface area contributed by atoms with Gasteiger partial charge in [-0.05, 0) is 56.7 Å². The molecule has 8 heteroatoms. The highest BCUT2D eigenvalue weighted by Crippen LogP contribution is 2.25. The third-order valence-corrected chi connectivity index (χ3v) is 4.34. The van der Waals surface area contributed by atoms with Crippen LogP contribution in [-0.4, -0.2) is 28.3 Å². The van der Waals surface area contributed by atoms with Gasteiger partial charge in [0.15, 0.2) is 5.82 Å². The largest absolute Gasteiger partial charge is 0.372 e. The number of aryl methyl sites for hydroxylation is 1. The van der Waals surface area contributed by atoms with Crippen LogP contribution < -0.4 is 15.5 Å². The summed E-state index contributed by atoms with van der Waals surface area (Å²) in [6.45, 7) is 8.10. The van der Waals surface area contributed by atoms with Crippen LogP contribution in [0.15, 0.2) is 42.6 Å². The van der Waals surface area contributed by atoms with Gasteiger partial charge in [-0.25, -0.2) is 8.78 Å². The first kappa shape index (κ1) is 19.5. The number of halogens is 2. The van der Waals surface area contributed by atoms with Gasteiger partial charge in [0, 0.05) is 30.5 Å². The second kappa shape index (κ2) is 8.60. The average molecular weight is 384 g/mol. The predicted molar refractivity (Wildman–Crippen MR) is 107 cm³/mol. The van der Waals surface area contributed by atoms with Crippen LogP contribution in [0.5, 0.6) is 0 Å². The first-order chi connectivity index (χ1) is 13.5. The number of hydrogen-bond donors (Lipinski definition) is 2. The summed E-state index contributed by atoms with van der Waals surface area (Å²) in [5, 5.41) is 13.8. The van der Waals surface area contributed by atoms with Crippen molar-refractivity contribution in [1.29, 1.82) is 0 Å². The molecule has 0 saturated heterocycles. The van der Waals surface area contributed by atoms with Crippen LogP contribution in [0.2, 0.25) is 0 Å². The molecule has 0 radical (unpaired) electrons. The minimum absolute atomic E-state index is 0.104. The van der Waals surface area contributed by atoms with Crippen LogP contribution in [0.1, 0.15) is 19.4 Å². The Balaban J connectivity index is 1.77. The fourth-order valence-electron chi connectivity index (χ4n) is 2.84. The molecule has 2 N–H and O–H groups in total. The molecule has 0 unspecified atom stereocenters. The molecule has 0 spiro atoms. The number of nitrogens with zero attached hydrogens (tertiary/aromatic N) is 4. The van der Waals surface area contributed by atoms with Gasteiger partial charge in [0.1, 0.15) is 11.6 Å². The molecule has 28 heavy (non-hydrogen) atoms. The SMILES string of the molecule is CCN(CC)c1ccc(Nc2nncc(Nc3ccc(F)cc3F)n2)c(C)c1. The highest BCUT2D eigenvalue weighted by molar-refractivity contribution is 5.65. The normalized spacial score (nSPS) is 10.6. The first-order valence-corrected chi connectivity index (χ1v) is 9.04. The van der Waals surface area contributed by atoms with Crippen LogP contribution >= 0.6 is 0 Å². The van der Waals surface area contributed by atoms with Gasteiger partial charge in [-0.15, -0.1) is 5.10 Å². The number of hydrogen-bond acceptors (Lipinski definition) is 6. The molecular weight excluding hydrogens is 362 g/mol. The minimum Gasteiger partial charge on any atom is -0.372 e. The quantitative estimate of drug-likeness (QED) is 0.610. The van der Waals surface area contributed by atoms with E-state index < -0.39 is 11.6 Å². The molecule has 6 nitrogen and oxygen atoms in total.